The highest BCUT2D eigenvalue weighted by atomic mass is 28.3. The summed E-state index contributed by atoms with van der Waals surface area (Å²) < 4.78 is 0. The van der Waals surface area contributed by atoms with E-state index in [1.807, 2.05) is 0 Å². The van der Waals surface area contributed by atoms with Crippen molar-refractivity contribution in [1.82, 2.24) is 0 Å². The molecule has 1 aromatic rings. The lowest BCUT2D eigenvalue weighted by molar-refractivity contribution is 1.76. The van der Waals surface area contributed by atoms with Crippen molar-refractivity contribution >= 4 is 28.0 Å². The van der Waals surface area contributed by atoms with Crippen molar-refractivity contribution in [2.75, 3.05) is 0 Å². The fourth-order valence-electron chi connectivity index (χ4n) is 1.36. The molecule has 0 heterocycles. The van der Waals surface area contributed by atoms with Gasteiger partial charge in [-0.15, -0.1) is 0 Å². The largest absolute Gasteiger partial charge is 0.345 e. The molecule has 1 aromatic carbocycles. The summed E-state index contributed by atoms with van der Waals surface area (Å²) >= 11 is 0. The predicted molar refractivity (Wildman–Crippen MR) is 60.7 cm³/mol. The Balaban J connectivity index is 3.09. The highest BCUT2D eigenvalue weighted by Gasteiger charge is 2.21. The van der Waals surface area contributed by atoms with E-state index in [1.165, 1.54) is 0 Å². The smallest absolute Gasteiger partial charge is 0.0670 e. The van der Waals surface area contributed by atoms with Crippen LogP contribution >= 0.6 is 0 Å². The van der Waals surface area contributed by atoms with Crippen molar-refractivity contribution in [2.45, 2.75) is 26.2 Å². The van der Waals surface area contributed by atoms with Crippen molar-refractivity contribution in [3.8, 4) is 0 Å². The van der Waals surface area contributed by atoms with Crippen molar-refractivity contribution in [3.63, 3.8) is 0 Å². The summed E-state index contributed by atoms with van der Waals surface area (Å²) in [5.41, 5.74) is 0. The predicted octanol–water partition coefficient (Wildman–Crippen LogP) is 1.61. The monoisotopic (exact) mass is 192 g/mol. The molecule has 0 aliphatic carbocycles. The average molecular weight is 192 g/mol. The van der Waals surface area contributed by atoms with E-state index in [2.05, 4.69) is 50.5 Å². The van der Waals surface area contributed by atoms with Gasteiger partial charge in [-0.25, -0.2) is 0 Å². The molecular weight excluding hydrogens is 176 g/mol. The molecule has 0 fully saturated rings. The molecule has 0 saturated heterocycles. The topological polar surface area (TPSA) is 0 Å². The lowest BCUT2D eigenvalue weighted by Crippen LogP contribution is -2.43. The Labute approximate surface area is 78.8 Å². The zero-order chi connectivity index (χ0) is 9.14. The molecule has 1 radical (unpaired) electrons. The minimum Gasteiger partial charge on any atom is -0.0670 e. The third-order valence-electron chi connectivity index (χ3n) is 2.00. The van der Waals surface area contributed by atoms with Gasteiger partial charge in [-0.2, -0.15) is 0 Å². The van der Waals surface area contributed by atoms with Crippen LogP contribution in [-0.4, -0.2) is 17.6 Å². The van der Waals surface area contributed by atoms with Crippen LogP contribution in [0.4, 0.5) is 0 Å². The molecular formula is C10H16Si2+. The first-order chi connectivity index (χ1) is 5.63. The summed E-state index contributed by atoms with van der Waals surface area (Å²) in [5, 5.41) is 3.28. The van der Waals surface area contributed by atoms with Crippen LogP contribution in [0, 0.1) is 0 Å². The molecule has 0 saturated carbocycles. The van der Waals surface area contributed by atoms with Crippen LogP contribution in [0.5, 0.6) is 0 Å². The Morgan fingerprint density at radius 1 is 1.08 bits per heavy atom. The SMILES string of the molecule is C[Si](C)c1ccccc1[Si+](C)C. The maximum absolute atomic E-state index is 2.37. The molecule has 0 N–H and O–H groups in total. The molecule has 12 heavy (non-hydrogen) atoms. The van der Waals surface area contributed by atoms with E-state index in [0.29, 0.717) is 0 Å². The maximum atomic E-state index is 2.37. The molecule has 0 aromatic heterocycles. The molecule has 63 valence electrons. The van der Waals surface area contributed by atoms with E-state index in [4.69, 9.17) is 0 Å². The lowest BCUT2D eigenvalue weighted by Gasteiger charge is -2.05. The summed E-state index contributed by atoms with van der Waals surface area (Å²) in [6.07, 6.45) is 0. The van der Waals surface area contributed by atoms with Gasteiger partial charge in [0.1, 0.15) is 0 Å². The van der Waals surface area contributed by atoms with Crippen molar-refractivity contribution < 1.29 is 0 Å². The van der Waals surface area contributed by atoms with E-state index in [9.17, 15) is 0 Å². The van der Waals surface area contributed by atoms with Crippen molar-refractivity contribution in [1.29, 1.82) is 0 Å². The van der Waals surface area contributed by atoms with E-state index >= 15 is 0 Å². The van der Waals surface area contributed by atoms with E-state index in [0.717, 1.165) is 0 Å². The Bertz CT molecular complexity index is 227. The second kappa shape index (κ2) is 4.05. The van der Waals surface area contributed by atoms with Gasteiger partial charge in [0.15, 0.2) is 0 Å². The zero-order valence-electron chi connectivity index (χ0n) is 8.31. The van der Waals surface area contributed by atoms with E-state index in [1.54, 1.807) is 10.4 Å². The molecule has 1 rings (SSSR count). The van der Waals surface area contributed by atoms with Gasteiger partial charge in [0.05, 0.1) is 27.1 Å². The first kappa shape index (κ1) is 9.74. The molecule has 0 bridgehead atoms. The molecule has 0 aliphatic heterocycles. The van der Waals surface area contributed by atoms with Crippen molar-refractivity contribution in [3.05, 3.63) is 24.3 Å². The standard InChI is InChI=1S/C10H16Si2/c1-11(2)9-7-5-6-8-10(9)12(3)4/h5-8H,1-4H3/q+1. The minimum atomic E-state index is -0.261. The Morgan fingerprint density at radius 3 is 2.08 bits per heavy atom. The second-order valence-corrected chi connectivity index (χ2v) is 8.62. The number of benzene rings is 1. The molecule has 0 atom stereocenters. The van der Waals surface area contributed by atoms with E-state index < -0.39 is 0 Å². The van der Waals surface area contributed by atoms with Gasteiger partial charge in [-0.1, -0.05) is 31.3 Å². The van der Waals surface area contributed by atoms with Crippen LogP contribution in [0.1, 0.15) is 0 Å². The van der Waals surface area contributed by atoms with E-state index in [-0.39, 0.29) is 17.6 Å². The van der Waals surface area contributed by atoms with Gasteiger partial charge in [0, 0.05) is 0 Å². The summed E-state index contributed by atoms with van der Waals surface area (Å²) in [5.74, 6) is 0. The van der Waals surface area contributed by atoms with Crippen LogP contribution in [0.25, 0.3) is 0 Å². The Hall–Kier alpha value is -0.346. The molecule has 0 amide bonds. The van der Waals surface area contributed by atoms with Crippen LogP contribution < -0.4 is 10.4 Å². The fraction of sp³-hybridized carbons (Fsp3) is 0.400. The van der Waals surface area contributed by atoms with Crippen LogP contribution in [0.2, 0.25) is 26.2 Å². The van der Waals surface area contributed by atoms with Crippen molar-refractivity contribution in [2.24, 2.45) is 0 Å². The van der Waals surface area contributed by atoms with Crippen LogP contribution in [0.15, 0.2) is 24.3 Å². The lowest BCUT2D eigenvalue weighted by atomic mass is 10.4. The molecule has 0 spiro atoms. The third-order valence-corrected chi connectivity index (χ3v) is 5.28. The summed E-state index contributed by atoms with van der Waals surface area (Å²) in [6.45, 7) is 9.48. The Morgan fingerprint density at radius 2 is 1.67 bits per heavy atom. The molecule has 2 heteroatoms. The van der Waals surface area contributed by atoms with Gasteiger partial charge in [0.2, 0.25) is 0 Å². The third kappa shape index (κ3) is 2.08. The highest BCUT2D eigenvalue weighted by Crippen LogP contribution is 1.89. The first-order valence-electron chi connectivity index (χ1n) is 4.33. The average Bonchev–Trinajstić information content (AvgIpc) is 2.04. The first-order valence-corrected chi connectivity index (χ1v) is 9.33. The number of rotatable bonds is 2. The Kier molecular flexibility index (Phi) is 3.29. The second-order valence-electron chi connectivity index (χ2n) is 3.55. The number of hydrogen-bond acceptors (Lipinski definition) is 0. The minimum absolute atomic E-state index is 0.261. The van der Waals surface area contributed by atoms with Crippen LogP contribution in [0.3, 0.4) is 0 Å². The van der Waals surface area contributed by atoms with Gasteiger partial charge >= 0.3 is 8.80 Å². The normalized spacial score (nSPS) is 10.4. The van der Waals surface area contributed by atoms with Gasteiger partial charge in [-0.3, -0.25) is 0 Å². The van der Waals surface area contributed by atoms with Gasteiger partial charge in [-0.05, 0) is 11.3 Å². The van der Waals surface area contributed by atoms with Gasteiger partial charge in [0.25, 0.3) is 0 Å². The molecule has 0 unspecified atom stereocenters. The summed E-state index contributed by atoms with van der Waals surface area (Å²) in [4.78, 5) is 0. The maximum Gasteiger partial charge on any atom is 0.345 e. The molecule has 0 nitrogen and oxygen atoms in total. The number of hydrogen-bond donors (Lipinski definition) is 0. The zero-order valence-corrected chi connectivity index (χ0v) is 10.3. The van der Waals surface area contributed by atoms with Gasteiger partial charge < -0.3 is 0 Å². The fourth-order valence-corrected chi connectivity index (χ4v) is 4.96. The summed E-state index contributed by atoms with van der Waals surface area (Å²) in [6, 6.07) is 8.95. The highest BCUT2D eigenvalue weighted by molar-refractivity contribution is 6.82. The molecule has 0 aliphatic rings. The summed E-state index contributed by atoms with van der Waals surface area (Å²) in [7, 11) is -0.522. The quantitative estimate of drug-likeness (QED) is 0.625. The van der Waals surface area contributed by atoms with Crippen LogP contribution in [-0.2, 0) is 0 Å².